The Balaban J connectivity index is 1.37. The van der Waals surface area contributed by atoms with Crippen molar-refractivity contribution in [2.24, 2.45) is 20.0 Å². The highest BCUT2D eigenvalue weighted by Gasteiger charge is 2.24. The molecule has 9 heteroatoms. The number of fused-ring (bicyclic) bond motifs is 1. The van der Waals surface area contributed by atoms with Crippen LogP contribution in [0.5, 0.6) is 0 Å². The molecule has 9 nitrogen and oxygen atoms in total. The number of urea groups is 1. The van der Waals surface area contributed by atoms with Crippen molar-refractivity contribution >= 4 is 22.8 Å². The number of likely N-dealkylation sites (tertiary alicyclic amines) is 1. The van der Waals surface area contributed by atoms with Gasteiger partial charge < -0.3 is 14.7 Å². The predicted molar refractivity (Wildman–Crippen MR) is 104 cm³/mol. The van der Waals surface area contributed by atoms with Crippen LogP contribution in [0.25, 0.3) is 11.0 Å². The maximum Gasteiger partial charge on any atom is 0.328 e. The number of amides is 2. The molecule has 4 rings (SSSR count). The van der Waals surface area contributed by atoms with Crippen LogP contribution in [0.15, 0.2) is 27.5 Å². The van der Waals surface area contributed by atoms with Crippen molar-refractivity contribution in [3.8, 4) is 0 Å². The summed E-state index contributed by atoms with van der Waals surface area (Å²) in [5.41, 5.74) is 2.22. The number of carbonyl (C=O) groups is 1. The molecule has 3 aromatic rings. The van der Waals surface area contributed by atoms with E-state index in [9.17, 15) is 9.59 Å². The zero-order valence-corrected chi connectivity index (χ0v) is 16.3. The predicted octanol–water partition coefficient (Wildman–Crippen LogP) is 2.06. The van der Waals surface area contributed by atoms with Crippen LogP contribution in [0.3, 0.4) is 0 Å². The molecule has 0 atom stereocenters. The van der Waals surface area contributed by atoms with Gasteiger partial charge in [-0.3, -0.25) is 9.13 Å². The second kappa shape index (κ2) is 7.14. The number of aromatic nitrogens is 4. The maximum atomic E-state index is 12.6. The number of nitrogens with zero attached hydrogens (tertiary/aromatic N) is 5. The third kappa shape index (κ3) is 3.39. The SMILES string of the molecule is Cc1noc(CC2CCN(C(=O)Nc3ccc4c(c3)n(C)c(=O)n4C)CC2)n1. The molecule has 2 aromatic heterocycles. The van der Waals surface area contributed by atoms with Crippen molar-refractivity contribution in [1.82, 2.24) is 24.2 Å². The molecule has 0 aliphatic carbocycles. The van der Waals surface area contributed by atoms with E-state index in [1.165, 1.54) is 0 Å². The fourth-order valence-electron chi connectivity index (χ4n) is 3.80. The van der Waals surface area contributed by atoms with Crippen LogP contribution >= 0.6 is 0 Å². The van der Waals surface area contributed by atoms with Gasteiger partial charge >= 0.3 is 11.7 Å². The molecule has 1 aliphatic heterocycles. The molecule has 148 valence electrons. The first kappa shape index (κ1) is 18.3. The Hall–Kier alpha value is -3.10. The molecule has 3 heterocycles. The highest BCUT2D eigenvalue weighted by molar-refractivity contribution is 5.92. The summed E-state index contributed by atoms with van der Waals surface area (Å²) in [5, 5.41) is 6.77. The van der Waals surface area contributed by atoms with E-state index in [0.29, 0.717) is 36.4 Å². The van der Waals surface area contributed by atoms with Gasteiger partial charge in [0.2, 0.25) is 5.89 Å². The Morgan fingerprint density at radius 2 is 1.93 bits per heavy atom. The molecule has 28 heavy (non-hydrogen) atoms. The highest BCUT2D eigenvalue weighted by Crippen LogP contribution is 2.23. The summed E-state index contributed by atoms with van der Waals surface area (Å²) in [4.78, 5) is 30.8. The lowest BCUT2D eigenvalue weighted by Crippen LogP contribution is -2.41. The molecule has 2 amide bonds. The molecule has 0 bridgehead atoms. The molecule has 0 saturated carbocycles. The molecule has 0 radical (unpaired) electrons. The number of hydrogen-bond donors (Lipinski definition) is 1. The van der Waals surface area contributed by atoms with E-state index in [1.54, 1.807) is 23.2 Å². The average molecular weight is 384 g/mol. The van der Waals surface area contributed by atoms with Gasteiger partial charge in [-0.15, -0.1) is 0 Å². The van der Waals surface area contributed by atoms with E-state index >= 15 is 0 Å². The number of piperidine rings is 1. The fraction of sp³-hybridized carbons (Fsp3) is 0.474. The molecule has 0 spiro atoms. The van der Waals surface area contributed by atoms with Crippen molar-refractivity contribution < 1.29 is 9.32 Å². The number of imidazole rings is 1. The second-order valence-corrected chi connectivity index (χ2v) is 7.40. The van der Waals surface area contributed by atoms with Crippen LogP contribution in [0.2, 0.25) is 0 Å². The van der Waals surface area contributed by atoms with Gasteiger partial charge in [-0.2, -0.15) is 4.98 Å². The normalized spacial score (nSPS) is 15.3. The second-order valence-electron chi connectivity index (χ2n) is 7.40. The van der Waals surface area contributed by atoms with E-state index in [0.717, 1.165) is 30.3 Å². The molecule has 1 saturated heterocycles. The van der Waals surface area contributed by atoms with Crippen LogP contribution in [-0.2, 0) is 20.5 Å². The summed E-state index contributed by atoms with van der Waals surface area (Å²) in [7, 11) is 3.47. The summed E-state index contributed by atoms with van der Waals surface area (Å²) in [5.74, 6) is 1.76. The van der Waals surface area contributed by atoms with Crippen LogP contribution < -0.4 is 11.0 Å². The Labute approximate surface area is 161 Å². The largest absolute Gasteiger partial charge is 0.339 e. The first-order valence-corrected chi connectivity index (χ1v) is 9.43. The molecule has 1 N–H and O–H groups in total. The van der Waals surface area contributed by atoms with Crippen molar-refractivity contribution in [1.29, 1.82) is 0 Å². The zero-order valence-electron chi connectivity index (χ0n) is 16.3. The fourth-order valence-corrected chi connectivity index (χ4v) is 3.80. The molecule has 0 unspecified atom stereocenters. The highest BCUT2D eigenvalue weighted by atomic mass is 16.5. The number of rotatable bonds is 3. The minimum atomic E-state index is -0.118. The van der Waals surface area contributed by atoms with Gasteiger partial charge in [0, 0.05) is 39.3 Å². The van der Waals surface area contributed by atoms with E-state index in [1.807, 2.05) is 30.0 Å². The minimum Gasteiger partial charge on any atom is -0.339 e. The number of hydrogen-bond acceptors (Lipinski definition) is 5. The van der Waals surface area contributed by atoms with Crippen LogP contribution in [-0.4, -0.2) is 43.3 Å². The minimum absolute atomic E-state index is 0.0861. The first-order valence-electron chi connectivity index (χ1n) is 9.43. The van der Waals surface area contributed by atoms with Gasteiger partial charge in [0.15, 0.2) is 5.82 Å². The maximum absolute atomic E-state index is 12.6. The quantitative estimate of drug-likeness (QED) is 0.745. The molecular weight excluding hydrogens is 360 g/mol. The lowest BCUT2D eigenvalue weighted by atomic mass is 9.94. The summed E-state index contributed by atoms with van der Waals surface area (Å²) < 4.78 is 8.37. The average Bonchev–Trinajstić information content (AvgIpc) is 3.19. The zero-order chi connectivity index (χ0) is 19.8. The molecule has 1 aliphatic rings. The van der Waals surface area contributed by atoms with Crippen molar-refractivity contribution in [3.63, 3.8) is 0 Å². The van der Waals surface area contributed by atoms with E-state index in [-0.39, 0.29) is 11.7 Å². The van der Waals surface area contributed by atoms with Gasteiger partial charge in [-0.05, 0) is 43.9 Å². The number of anilines is 1. The van der Waals surface area contributed by atoms with Crippen molar-refractivity contribution in [2.45, 2.75) is 26.2 Å². The van der Waals surface area contributed by atoms with E-state index in [2.05, 4.69) is 15.5 Å². The third-order valence-corrected chi connectivity index (χ3v) is 5.46. The van der Waals surface area contributed by atoms with Crippen LogP contribution in [0.4, 0.5) is 10.5 Å². The van der Waals surface area contributed by atoms with Gasteiger partial charge in [0.05, 0.1) is 11.0 Å². The number of carbonyl (C=O) groups excluding carboxylic acids is 1. The van der Waals surface area contributed by atoms with Crippen molar-refractivity contribution in [3.05, 3.63) is 40.4 Å². The van der Waals surface area contributed by atoms with Gasteiger partial charge in [-0.25, -0.2) is 9.59 Å². The van der Waals surface area contributed by atoms with Crippen LogP contribution in [0.1, 0.15) is 24.6 Å². The summed E-state index contributed by atoms with van der Waals surface area (Å²) >= 11 is 0. The Kier molecular flexibility index (Phi) is 4.66. The van der Waals surface area contributed by atoms with Gasteiger partial charge in [0.1, 0.15) is 0 Å². The lowest BCUT2D eigenvalue weighted by molar-refractivity contribution is 0.179. The smallest absolute Gasteiger partial charge is 0.328 e. The molecule has 1 aromatic carbocycles. The van der Waals surface area contributed by atoms with E-state index in [4.69, 9.17) is 4.52 Å². The number of benzene rings is 1. The monoisotopic (exact) mass is 384 g/mol. The number of aryl methyl sites for hydroxylation is 3. The first-order chi connectivity index (χ1) is 13.4. The Morgan fingerprint density at radius 3 is 2.61 bits per heavy atom. The van der Waals surface area contributed by atoms with E-state index < -0.39 is 0 Å². The summed E-state index contributed by atoms with van der Waals surface area (Å²) in [6.45, 7) is 3.19. The van der Waals surface area contributed by atoms with Gasteiger partial charge in [-0.1, -0.05) is 5.16 Å². The Bertz CT molecular complexity index is 1070. The summed E-state index contributed by atoms with van der Waals surface area (Å²) in [6, 6.07) is 5.39. The third-order valence-electron chi connectivity index (χ3n) is 5.46. The van der Waals surface area contributed by atoms with Crippen LogP contribution in [0, 0.1) is 12.8 Å². The summed E-state index contributed by atoms with van der Waals surface area (Å²) in [6.07, 6.45) is 2.57. The standard InChI is InChI=1S/C19H24N6O3/c1-12-20-17(28-22-12)10-13-6-8-25(9-7-13)18(26)21-14-4-5-15-16(11-14)24(3)19(27)23(15)2/h4-5,11,13H,6-10H2,1-3H3,(H,21,26). The molecule has 1 fully saturated rings. The lowest BCUT2D eigenvalue weighted by Gasteiger charge is -2.31. The Morgan fingerprint density at radius 1 is 1.21 bits per heavy atom. The number of nitrogens with one attached hydrogen (secondary N) is 1. The van der Waals surface area contributed by atoms with Gasteiger partial charge in [0.25, 0.3) is 0 Å². The topological polar surface area (TPSA) is 98.2 Å². The molecular formula is C19H24N6O3. The van der Waals surface area contributed by atoms with Crippen molar-refractivity contribution in [2.75, 3.05) is 18.4 Å².